The average Bonchev–Trinajstić information content (AvgIpc) is 3.14. The minimum Gasteiger partial charge on any atom is -0.494 e. The highest BCUT2D eigenvalue weighted by atomic mass is 16.5. The smallest absolute Gasteiger partial charge is 0.325 e. The minimum absolute atomic E-state index is 0.0192. The Morgan fingerprint density at radius 2 is 1.68 bits per heavy atom. The summed E-state index contributed by atoms with van der Waals surface area (Å²) >= 11 is 0. The SMILES string of the molecule is CCOc1ccc(N2CCN(CC(=O)N3CCN(c4cccc(C)c4)CC3)C2=O)cc1. The van der Waals surface area contributed by atoms with E-state index >= 15 is 0 Å². The van der Waals surface area contributed by atoms with Crippen molar-refractivity contribution in [2.75, 3.05) is 62.2 Å². The molecule has 3 amide bonds. The molecule has 2 aromatic rings. The van der Waals surface area contributed by atoms with Crippen LogP contribution in [0.15, 0.2) is 48.5 Å². The number of rotatable bonds is 6. The van der Waals surface area contributed by atoms with Crippen LogP contribution < -0.4 is 14.5 Å². The van der Waals surface area contributed by atoms with Gasteiger partial charge in [0, 0.05) is 50.6 Å². The monoisotopic (exact) mass is 422 g/mol. The van der Waals surface area contributed by atoms with Gasteiger partial charge >= 0.3 is 6.03 Å². The first-order valence-corrected chi connectivity index (χ1v) is 10.9. The van der Waals surface area contributed by atoms with Gasteiger partial charge in [0.25, 0.3) is 0 Å². The number of anilines is 2. The van der Waals surface area contributed by atoms with E-state index in [1.165, 1.54) is 11.3 Å². The second-order valence-corrected chi connectivity index (χ2v) is 7.99. The van der Waals surface area contributed by atoms with Gasteiger partial charge in [-0.05, 0) is 55.8 Å². The van der Waals surface area contributed by atoms with Gasteiger partial charge < -0.3 is 19.4 Å². The van der Waals surface area contributed by atoms with E-state index in [1.54, 1.807) is 9.80 Å². The molecule has 0 saturated carbocycles. The molecule has 0 spiro atoms. The number of carbonyl (C=O) groups is 2. The van der Waals surface area contributed by atoms with Crippen molar-refractivity contribution in [1.82, 2.24) is 9.80 Å². The highest BCUT2D eigenvalue weighted by Gasteiger charge is 2.32. The normalized spacial score (nSPS) is 16.8. The molecule has 0 bridgehead atoms. The molecule has 2 saturated heterocycles. The molecular weight excluding hydrogens is 392 g/mol. The fourth-order valence-corrected chi connectivity index (χ4v) is 4.16. The van der Waals surface area contributed by atoms with Crippen molar-refractivity contribution in [1.29, 1.82) is 0 Å². The molecule has 2 aliphatic rings. The van der Waals surface area contributed by atoms with Crippen molar-refractivity contribution in [3.8, 4) is 5.75 Å². The van der Waals surface area contributed by atoms with Gasteiger partial charge in [-0.2, -0.15) is 0 Å². The number of hydrogen-bond donors (Lipinski definition) is 0. The lowest BCUT2D eigenvalue weighted by Gasteiger charge is -2.36. The van der Waals surface area contributed by atoms with E-state index in [2.05, 4.69) is 36.1 Å². The Labute approximate surface area is 183 Å². The number of urea groups is 1. The Morgan fingerprint density at radius 3 is 2.35 bits per heavy atom. The van der Waals surface area contributed by atoms with Gasteiger partial charge in [0.1, 0.15) is 12.3 Å². The fourth-order valence-electron chi connectivity index (χ4n) is 4.16. The van der Waals surface area contributed by atoms with Crippen molar-refractivity contribution in [2.24, 2.45) is 0 Å². The molecule has 164 valence electrons. The topological polar surface area (TPSA) is 56.3 Å². The molecule has 2 heterocycles. The van der Waals surface area contributed by atoms with E-state index in [0.29, 0.717) is 32.8 Å². The Morgan fingerprint density at radius 1 is 0.935 bits per heavy atom. The number of benzene rings is 2. The number of hydrogen-bond acceptors (Lipinski definition) is 4. The standard InChI is InChI=1S/C24H30N4O3/c1-3-31-22-9-7-20(8-10-22)28-16-15-27(24(28)30)18-23(29)26-13-11-25(12-14-26)21-6-4-5-19(2)17-21/h4-10,17H,3,11-16,18H2,1-2H3. The van der Waals surface area contributed by atoms with Crippen LogP contribution in [0.25, 0.3) is 0 Å². The molecule has 2 aliphatic heterocycles. The zero-order valence-electron chi connectivity index (χ0n) is 18.3. The summed E-state index contributed by atoms with van der Waals surface area (Å²) in [5.74, 6) is 0.806. The Bertz CT molecular complexity index is 923. The zero-order valence-corrected chi connectivity index (χ0v) is 18.3. The predicted molar refractivity (Wildman–Crippen MR) is 122 cm³/mol. The third-order valence-corrected chi connectivity index (χ3v) is 5.88. The lowest BCUT2D eigenvalue weighted by molar-refractivity contribution is -0.131. The van der Waals surface area contributed by atoms with Crippen LogP contribution in [0.2, 0.25) is 0 Å². The predicted octanol–water partition coefficient (Wildman–Crippen LogP) is 2.98. The lowest BCUT2D eigenvalue weighted by Crippen LogP contribution is -2.51. The van der Waals surface area contributed by atoms with Crippen LogP contribution in [0, 0.1) is 6.92 Å². The maximum absolute atomic E-state index is 12.8. The highest BCUT2D eigenvalue weighted by molar-refractivity contribution is 5.96. The van der Waals surface area contributed by atoms with Gasteiger partial charge in [-0.25, -0.2) is 4.79 Å². The summed E-state index contributed by atoms with van der Waals surface area (Å²) < 4.78 is 5.47. The molecule has 2 aromatic carbocycles. The summed E-state index contributed by atoms with van der Waals surface area (Å²) in [7, 11) is 0. The number of nitrogens with zero attached hydrogens (tertiary/aromatic N) is 4. The first kappa shape index (κ1) is 21.0. The Balaban J connectivity index is 1.29. The second-order valence-electron chi connectivity index (χ2n) is 7.99. The lowest BCUT2D eigenvalue weighted by atomic mass is 10.2. The minimum atomic E-state index is -0.115. The Hall–Kier alpha value is -3.22. The first-order valence-electron chi connectivity index (χ1n) is 10.9. The first-order chi connectivity index (χ1) is 15.0. The quantitative estimate of drug-likeness (QED) is 0.718. The molecule has 0 radical (unpaired) electrons. The second kappa shape index (κ2) is 9.29. The van der Waals surface area contributed by atoms with Crippen molar-refractivity contribution in [2.45, 2.75) is 13.8 Å². The van der Waals surface area contributed by atoms with Crippen LogP contribution in [-0.2, 0) is 4.79 Å². The molecule has 7 heteroatoms. The van der Waals surface area contributed by atoms with Crippen LogP contribution in [0.4, 0.5) is 16.2 Å². The summed E-state index contributed by atoms with van der Waals surface area (Å²) in [5, 5.41) is 0. The van der Waals surface area contributed by atoms with Crippen LogP contribution >= 0.6 is 0 Å². The van der Waals surface area contributed by atoms with Gasteiger partial charge in [-0.3, -0.25) is 9.69 Å². The maximum Gasteiger partial charge on any atom is 0.325 e. The van der Waals surface area contributed by atoms with Crippen molar-refractivity contribution in [3.05, 3.63) is 54.1 Å². The van der Waals surface area contributed by atoms with E-state index in [-0.39, 0.29) is 18.5 Å². The summed E-state index contributed by atoms with van der Waals surface area (Å²) in [6.45, 7) is 8.89. The molecule has 0 unspecified atom stereocenters. The summed E-state index contributed by atoms with van der Waals surface area (Å²) in [5.41, 5.74) is 3.27. The van der Waals surface area contributed by atoms with E-state index in [1.807, 2.05) is 36.1 Å². The van der Waals surface area contributed by atoms with Crippen molar-refractivity contribution in [3.63, 3.8) is 0 Å². The van der Waals surface area contributed by atoms with Crippen LogP contribution in [0.3, 0.4) is 0 Å². The molecule has 4 rings (SSSR count). The third-order valence-electron chi connectivity index (χ3n) is 5.88. The summed E-state index contributed by atoms with van der Waals surface area (Å²) in [4.78, 5) is 33.2. The summed E-state index contributed by atoms with van der Waals surface area (Å²) in [6.07, 6.45) is 0. The number of ether oxygens (including phenoxy) is 1. The largest absolute Gasteiger partial charge is 0.494 e. The van der Waals surface area contributed by atoms with E-state index in [0.717, 1.165) is 24.5 Å². The van der Waals surface area contributed by atoms with Gasteiger partial charge in [-0.1, -0.05) is 12.1 Å². The van der Waals surface area contributed by atoms with Crippen LogP contribution in [-0.4, -0.2) is 74.2 Å². The van der Waals surface area contributed by atoms with Crippen LogP contribution in [0.1, 0.15) is 12.5 Å². The van der Waals surface area contributed by atoms with E-state index < -0.39 is 0 Å². The third kappa shape index (κ3) is 4.76. The maximum atomic E-state index is 12.8. The molecule has 0 atom stereocenters. The highest BCUT2D eigenvalue weighted by Crippen LogP contribution is 2.24. The van der Waals surface area contributed by atoms with Crippen molar-refractivity contribution < 1.29 is 14.3 Å². The number of aryl methyl sites for hydroxylation is 1. The number of amides is 3. The summed E-state index contributed by atoms with van der Waals surface area (Å²) in [6, 6.07) is 15.8. The molecule has 0 aliphatic carbocycles. The number of carbonyl (C=O) groups excluding carboxylic acids is 2. The molecule has 31 heavy (non-hydrogen) atoms. The van der Waals surface area contributed by atoms with Gasteiger partial charge in [-0.15, -0.1) is 0 Å². The van der Waals surface area contributed by atoms with Gasteiger partial charge in [0.2, 0.25) is 5.91 Å². The van der Waals surface area contributed by atoms with E-state index in [4.69, 9.17) is 4.74 Å². The average molecular weight is 423 g/mol. The van der Waals surface area contributed by atoms with Gasteiger partial charge in [0.15, 0.2) is 0 Å². The zero-order chi connectivity index (χ0) is 21.8. The molecule has 2 fully saturated rings. The van der Waals surface area contributed by atoms with Gasteiger partial charge in [0.05, 0.1) is 6.61 Å². The molecular formula is C24H30N4O3. The van der Waals surface area contributed by atoms with E-state index in [9.17, 15) is 9.59 Å². The van der Waals surface area contributed by atoms with Crippen LogP contribution in [0.5, 0.6) is 5.75 Å². The molecule has 0 aromatic heterocycles. The Kier molecular flexibility index (Phi) is 6.30. The molecule has 0 N–H and O–H groups in total. The fraction of sp³-hybridized carbons (Fsp3) is 0.417. The molecule has 7 nitrogen and oxygen atoms in total. The number of piperazine rings is 1. The van der Waals surface area contributed by atoms with Crippen molar-refractivity contribution >= 4 is 23.3 Å².